The number of nitrogens with one attached hydrogen (secondary N) is 1. The Morgan fingerprint density at radius 2 is 1.97 bits per heavy atom. The number of hydrogen-bond acceptors (Lipinski definition) is 5. The van der Waals surface area contributed by atoms with E-state index in [1.807, 2.05) is 4.90 Å². The molecule has 0 unspecified atom stereocenters. The van der Waals surface area contributed by atoms with Gasteiger partial charge in [0.05, 0.1) is 10.7 Å². The highest BCUT2D eigenvalue weighted by atomic mass is 35.5. The number of likely N-dealkylation sites (tertiary alicyclic amines) is 1. The van der Waals surface area contributed by atoms with E-state index in [0.717, 1.165) is 38.5 Å². The number of halogens is 4. The molecule has 0 bridgehead atoms. The summed E-state index contributed by atoms with van der Waals surface area (Å²) in [6.07, 6.45) is 4.48. The molecule has 1 aromatic carbocycles. The lowest BCUT2D eigenvalue weighted by molar-refractivity contribution is 0.000290. The van der Waals surface area contributed by atoms with E-state index in [0.29, 0.717) is 24.2 Å². The molecule has 6 nitrogen and oxygen atoms in total. The second-order valence-corrected chi connectivity index (χ2v) is 12.2. The summed E-state index contributed by atoms with van der Waals surface area (Å²) in [5.41, 5.74) is 0.537. The van der Waals surface area contributed by atoms with Crippen LogP contribution in [0.5, 0.6) is 0 Å². The summed E-state index contributed by atoms with van der Waals surface area (Å²) in [7, 11) is -4.49. The molecule has 1 N–H and O–H groups in total. The molecule has 34 heavy (non-hydrogen) atoms. The van der Waals surface area contributed by atoms with Crippen molar-refractivity contribution < 1.29 is 17.2 Å². The first-order valence-electron chi connectivity index (χ1n) is 11.4. The standard InChI is InChI=1S/C23H26Cl2F2N4O2S/c1-14-6-9-30(12-14)17-5-7-23(17)8-10-31(13-23)16-11-15(24)22(21(27)20(16)25)34(32,33)29-19-4-2-3-18(26)28-19/h2-4,11,14,17H,5-10,12-13H2,1H3,(H,28,29)/t14-,17-,23-/m0/s1. The molecule has 3 aliphatic rings. The highest BCUT2D eigenvalue weighted by molar-refractivity contribution is 7.92. The fourth-order valence-electron chi connectivity index (χ4n) is 5.78. The van der Waals surface area contributed by atoms with Crippen LogP contribution in [0.4, 0.5) is 20.3 Å². The minimum Gasteiger partial charge on any atom is -0.370 e. The van der Waals surface area contributed by atoms with Crippen LogP contribution in [-0.2, 0) is 10.0 Å². The van der Waals surface area contributed by atoms with Crippen molar-refractivity contribution >= 4 is 44.7 Å². The SMILES string of the molecule is C[C@H]1CCN([C@H]2CC[C@@]23CCN(c2cc(Cl)c(S(=O)(=O)Nc4cccc(F)n4)c(F)c2Cl)C3)C1. The second-order valence-electron chi connectivity index (χ2n) is 9.76. The molecule has 184 valence electrons. The number of pyridine rings is 1. The minimum atomic E-state index is -4.49. The van der Waals surface area contributed by atoms with Gasteiger partial charge < -0.3 is 4.90 Å². The molecule has 11 heteroatoms. The van der Waals surface area contributed by atoms with Crippen LogP contribution in [0.25, 0.3) is 0 Å². The molecule has 1 saturated carbocycles. The van der Waals surface area contributed by atoms with Crippen molar-refractivity contribution in [3.8, 4) is 0 Å². The van der Waals surface area contributed by atoms with Crippen molar-refractivity contribution in [3.63, 3.8) is 0 Å². The molecule has 0 radical (unpaired) electrons. The van der Waals surface area contributed by atoms with Gasteiger partial charge in [0.2, 0.25) is 5.95 Å². The monoisotopic (exact) mass is 530 g/mol. The Bertz CT molecular complexity index is 1230. The number of aromatic nitrogens is 1. The Hall–Kier alpha value is -1.68. The van der Waals surface area contributed by atoms with Crippen LogP contribution < -0.4 is 9.62 Å². The van der Waals surface area contributed by atoms with Gasteiger partial charge in [0.1, 0.15) is 15.7 Å². The molecule has 5 rings (SSSR count). The van der Waals surface area contributed by atoms with Gasteiger partial charge in [-0.25, -0.2) is 17.8 Å². The first kappa shape index (κ1) is 24.0. The Morgan fingerprint density at radius 3 is 2.62 bits per heavy atom. The summed E-state index contributed by atoms with van der Waals surface area (Å²) in [6.45, 7) is 5.95. The van der Waals surface area contributed by atoms with Crippen LogP contribution in [0.3, 0.4) is 0 Å². The maximum Gasteiger partial charge on any atom is 0.267 e. The van der Waals surface area contributed by atoms with Crippen molar-refractivity contribution in [2.75, 3.05) is 35.8 Å². The normalized spacial score (nSPS) is 27.4. The van der Waals surface area contributed by atoms with Gasteiger partial charge >= 0.3 is 0 Å². The molecule has 3 heterocycles. The average molecular weight is 531 g/mol. The zero-order valence-electron chi connectivity index (χ0n) is 18.7. The average Bonchev–Trinajstić information content (AvgIpc) is 3.38. The van der Waals surface area contributed by atoms with Crippen LogP contribution in [-0.4, -0.2) is 50.5 Å². The topological polar surface area (TPSA) is 65.5 Å². The lowest BCUT2D eigenvalue weighted by atomic mass is 9.63. The number of rotatable bonds is 5. The van der Waals surface area contributed by atoms with Crippen LogP contribution in [0.1, 0.15) is 32.6 Å². The third kappa shape index (κ3) is 4.14. The molecule has 3 atom stereocenters. The molecule has 0 amide bonds. The Morgan fingerprint density at radius 1 is 1.18 bits per heavy atom. The minimum absolute atomic E-state index is 0.145. The summed E-state index contributed by atoms with van der Waals surface area (Å²) in [5.74, 6) is -1.58. The Kier molecular flexibility index (Phi) is 6.19. The van der Waals surface area contributed by atoms with E-state index < -0.39 is 26.7 Å². The largest absolute Gasteiger partial charge is 0.370 e. The summed E-state index contributed by atoms with van der Waals surface area (Å²) in [5, 5.41) is -0.583. The van der Waals surface area contributed by atoms with Crippen molar-refractivity contribution in [1.29, 1.82) is 0 Å². The number of sulfonamides is 1. The number of nitrogens with zero attached hydrogens (tertiary/aromatic N) is 3. The van der Waals surface area contributed by atoms with Gasteiger partial charge in [0.25, 0.3) is 10.0 Å². The predicted molar refractivity (Wildman–Crippen MR) is 129 cm³/mol. The third-order valence-corrected chi connectivity index (χ3v) is 9.75. The highest BCUT2D eigenvalue weighted by Gasteiger charge is 2.53. The van der Waals surface area contributed by atoms with E-state index in [2.05, 4.69) is 21.5 Å². The highest BCUT2D eigenvalue weighted by Crippen LogP contribution is 2.53. The summed E-state index contributed by atoms with van der Waals surface area (Å²) in [4.78, 5) is 7.28. The second kappa shape index (κ2) is 8.76. The smallest absolute Gasteiger partial charge is 0.267 e. The predicted octanol–water partition coefficient (Wildman–Crippen LogP) is 5.17. The van der Waals surface area contributed by atoms with E-state index in [1.165, 1.54) is 31.0 Å². The molecule has 1 aromatic heterocycles. The zero-order valence-corrected chi connectivity index (χ0v) is 21.0. The zero-order chi connectivity index (χ0) is 24.3. The maximum atomic E-state index is 15.3. The van der Waals surface area contributed by atoms with Crippen molar-refractivity contribution in [2.24, 2.45) is 11.3 Å². The maximum absolute atomic E-state index is 15.3. The number of benzene rings is 1. The van der Waals surface area contributed by atoms with E-state index in [4.69, 9.17) is 23.2 Å². The van der Waals surface area contributed by atoms with E-state index in [1.54, 1.807) is 0 Å². The summed E-state index contributed by atoms with van der Waals surface area (Å²) in [6, 6.07) is 5.53. The Balaban J connectivity index is 1.39. The van der Waals surface area contributed by atoms with Crippen molar-refractivity contribution in [3.05, 3.63) is 46.1 Å². The first-order valence-corrected chi connectivity index (χ1v) is 13.7. The van der Waals surface area contributed by atoms with Gasteiger partial charge in [-0.15, -0.1) is 0 Å². The number of anilines is 2. The van der Waals surface area contributed by atoms with Crippen LogP contribution in [0.15, 0.2) is 29.2 Å². The van der Waals surface area contributed by atoms with Gasteiger partial charge in [0.15, 0.2) is 5.82 Å². The fourth-order valence-corrected chi connectivity index (χ4v) is 7.74. The molecule has 2 aromatic rings. The lowest BCUT2D eigenvalue weighted by Crippen LogP contribution is -2.55. The molecule has 1 spiro atoms. The van der Waals surface area contributed by atoms with Crippen molar-refractivity contribution in [2.45, 2.75) is 43.5 Å². The van der Waals surface area contributed by atoms with Gasteiger partial charge in [-0.05, 0) is 56.3 Å². The third-order valence-electron chi connectivity index (χ3n) is 7.56. The van der Waals surface area contributed by atoms with Crippen LogP contribution >= 0.6 is 23.2 Å². The van der Waals surface area contributed by atoms with Crippen LogP contribution in [0.2, 0.25) is 10.0 Å². The van der Waals surface area contributed by atoms with Gasteiger partial charge in [-0.2, -0.15) is 4.39 Å². The number of hydrogen-bond donors (Lipinski definition) is 1. The fraction of sp³-hybridized carbons (Fsp3) is 0.522. The molecular weight excluding hydrogens is 505 g/mol. The van der Waals surface area contributed by atoms with Crippen LogP contribution in [0, 0.1) is 23.1 Å². The molecule has 1 aliphatic carbocycles. The molecular formula is C23H26Cl2F2N4O2S. The van der Waals surface area contributed by atoms with E-state index in [-0.39, 0.29) is 21.3 Å². The molecule has 2 saturated heterocycles. The Labute approximate surface area is 208 Å². The van der Waals surface area contributed by atoms with E-state index >= 15 is 4.39 Å². The quantitative estimate of drug-likeness (QED) is 0.426. The summed E-state index contributed by atoms with van der Waals surface area (Å²) < 4.78 is 56.4. The molecule has 2 aliphatic heterocycles. The lowest BCUT2D eigenvalue weighted by Gasteiger charge is -2.51. The summed E-state index contributed by atoms with van der Waals surface area (Å²) >= 11 is 12.7. The van der Waals surface area contributed by atoms with E-state index in [9.17, 15) is 12.8 Å². The van der Waals surface area contributed by atoms with Gasteiger partial charge in [-0.1, -0.05) is 36.2 Å². The first-order chi connectivity index (χ1) is 16.1. The van der Waals surface area contributed by atoms with Gasteiger partial charge in [0, 0.05) is 31.1 Å². The van der Waals surface area contributed by atoms with Crippen molar-refractivity contribution in [1.82, 2.24) is 9.88 Å². The molecule has 3 fully saturated rings. The van der Waals surface area contributed by atoms with Gasteiger partial charge in [-0.3, -0.25) is 9.62 Å².